The summed E-state index contributed by atoms with van der Waals surface area (Å²) < 4.78 is 2.24. The van der Waals surface area contributed by atoms with E-state index in [2.05, 4.69) is 28.6 Å². The number of hydrogen-bond acceptors (Lipinski definition) is 3. The van der Waals surface area contributed by atoms with Crippen LogP contribution < -0.4 is 5.32 Å². The van der Waals surface area contributed by atoms with E-state index in [1.54, 1.807) is 0 Å². The topological polar surface area (TPSA) is 50.2 Å². The molecule has 0 atom stereocenters. The lowest BCUT2D eigenvalue weighted by molar-refractivity contribution is 0.0956. The lowest BCUT2D eigenvalue weighted by atomic mass is 10.2. The number of carbonyl (C=O) groups is 1. The maximum atomic E-state index is 12.2. The van der Waals surface area contributed by atoms with Gasteiger partial charge in [-0.2, -0.15) is 0 Å². The molecule has 130 valence electrons. The van der Waals surface area contributed by atoms with Gasteiger partial charge in [0.25, 0.3) is 5.91 Å². The van der Waals surface area contributed by atoms with Crippen LogP contribution in [0.4, 0.5) is 0 Å². The first-order valence-electron chi connectivity index (χ1n) is 9.23. The summed E-state index contributed by atoms with van der Waals surface area (Å²) in [6.07, 6.45) is 4.85. The van der Waals surface area contributed by atoms with Gasteiger partial charge in [0.05, 0.1) is 23.1 Å². The molecule has 1 aliphatic heterocycles. The summed E-state index contributed by atoms with van der Waals surface area (Å²) in [7, 11) is 0. The Hall–Kier alpha value is -1.88. The van der Waals surface area contributed by atoms with E-state index >= 15 is 0 Å². The van der Waals surface area contributed by atoms with E-state index in [1.807, 2.05) is 18.2 Å². The van der Waals surface area contributed by atoms with E-state index in [9.17, 15) is 4.79 Å². The summed E-state index contributed by atoms with van der Waals surface area (Å²) >= 11 is 0. The summed E-state index contributed by atoms with van der Waals surface area (Å²) in [6, 6.07) is 5.84. The second-order valence-electron chi connectivity index (χ2n) is 6.59. The Morgan fingerprint density at radius 2 is 1.96 bits per heavy atom. The molecular formula is C19H28N4O. The van der Waals surface area contributed by atoms with Crippen LogP contribution in [0.25, 0.3) is 11.0 Å². The molecular weight excluding hydrogens is 300 g/mol. The Morgan fingerprint density at radius 3 is 2.67 bits per heavy atom. The standard InChI is InChI=1S/C19H28N4O/c1-3-5-11-22(12-6-4-2)14-17-21-16-9-7-8-15-18(16)23(17)13-10-20-19(15)24/h7-9H,3-6,10-14H2,1-2H3,(H,20,24). The van der Waals surface area contributed by atoms with Gasteiger partial charge in [-0.15, -0.1) is 0 Å². The van der Waals surface area contributed by atoms with Crippen molar-refractivity contribution in [1.82, 2.24) is 19.8 Å². The van der Waals surface area contributed by atoms with Gasteiger partial charge in [-0.05, 0) is 38.1 Å². The van der Waals surface area contributed by atoms with Gasteiger partial charge in [0.15, 0.2) is 0 Å². The molecule has 0 fully saturated rings. The first kappa shape index (κ1) is 17.0. The van der Waals surface area contributed by atoms with Crippen molar-refractivity contribution >= 4 is 16.9 Å². The van der Waals surface area contributed by atoms with Gasteiger partial charge in [-0.3, -0.25) is 9.69 Å². The molecule has 5 heteroatoms. The molecule has 0 radical (unpaired) electrons. The highest BCUT2D eigenvalue weighted by atomic mass is 16.1. The molecule has 1 aliphatic rings. The van der Waals surface area contributed by atoms with Crippen molar-refractivity contribution in [1.29, 1.82) is 0 Å². The van der Waals surface area contributed by atoms with E-state index in [-0.39, 0.29) is 5.91 Å². The molecule has 1 aromatic heterocycles. The number of benzene rings is 1. The molecule has 0 saturated heterocycles. The number of hydrogen-bond donors (Lipinski definition) is 1. The molecule has 0 aliphatic carbocycles. The molecule has 1 N–H and O–H groups in total. The van der Waals surface area contributed by atoms with Crippen LogP contribution in [0, 0.1) is 0 Å². The number of nitrogens with one attached hydrogen (secondary N) is 1. The highest BCUT2D eigenvalue weighted by Crippen LogP contribution is 2.23. The summed E-state index contributed by atoms with van der Waals surface area (Å²) in [4.78, 5) is 19.6. The average Bonchev–Trinajstić information content (AvgIpc) is 2.84. The largest absolute Gasteiger partial charge is 0.350 e. The third kappa shape index (κ3) is 3.46. The van der Waals surface area contributed by atoms with E-state index in [4.69, 9.17) is 4.98 Å². The lowest BCUT2D eigenvalue weighted by Gasteiger charge is -2.22. The predicted molar refractivity (Wildman–Crippen MR) is 97.2 cm³/mol. The van der Waals surface area contributed by atoms with Crippen molar-refractivity contribution in [3.63, 3.8) is 0 Å². The second-order valence-corrected chi connectivity index (χ2v) is 6.59. The van der Waals surface area contributed by atoms with E-state index in [0.717, 1.165) is 48.6 Å². The van der Waals surface area contributed by atoms with Crippen molar-refractivity contribution in [2.24, 2.45) is 0 Å². The third-order valence-electron chi connectivity index (χ3n) is 4.73. The number of amides is 1. The van der Waals surface area contributed by atoms with E-state index in [1.165, 1.54) is 25.7 Å². The minimum Gasteiger partial charge on any atom is -0.350 e. The number of para-hydroxylation sites is 1. The highest BCUT2D eigenvalue weighted by molar-refractivity contribution is 6.05. The summed E-state index contributed by atoms with van der Waals surface area (Å²) in [5, 5.41) is 2.99. The highest BCUT2D eigenvalue weighted by Gasteiger charge is 2.21. The number of nitrogens with zero attached hydrogens (tertiary/aromatic N) is 3. The molecule has 0 unspecified atom stereocenters. The Balaban J connectivity index is 1.92. The zero-order valence-electron chi connectivity index (χ0n) is 14.8. The fourth-order valence-corrected chi connectivity index (χ4v) is 3.39. The van der Waals surface area contributed by atoms with Crippen molar-refractivity contribution in [2.75, 3.05) is 19.6 Å². The molecule has 1 amide bonds. The van der Waals surface area contributed by atoms with Gasteiger partial charge < -0.3 is 9.88 Å². The van der Waals surface area contributed by atoms with Gasteiger partial charge >= 0.3 is 0 Å². The smallest absolute Gasteiger partial charge is 0.253 e. The number of rotatable bonds is 8. The number of imidazole rings is 1. The molecule has 1 aromatic carbocycles. The van der Waals surface area contributed by atoms with Crippen LogP contribution in [0.5, 0.6) is 0 Å². The first-order chi connectivity index (χ1) is 11.7. The number of aromatic nitrogens is 2. The minimum atomic E-state index is 0.0135. The number of unbranched alkanes of at least 4 members (excludes halogenated alkanes) is 2. The summed E-state index contributed by atoms with van der Waals surface area (Å²) in [5.41, 5.74) is 2.68. The molecule has 5 nitrogen and oxygen atoms in total. The van der Waals surface area contributed by atoms with Crippen LogP contribution in [-0.2, 0) is 13.1 Å². The molecule has 0 bridgehead atoms. The molecule has 24 heavy (non-hydrogen) atoms. The minimum absolute atomic E-state index is 0.0135. The van der Waals surface area contributed by atoms with Crippen molar-refractivity contribution in [2.45, 2.75) is 52.6 Å². The van der Waals surface area contributed by atoms with Crippen LogP contribution >= 0.6 is 0 Å². The Labute approximate surface area is 144 Å². The van der Waals surface area contributed by atoms with Crippen LogP contribution in [-0.4, -0.2) is 40.0 Å². The molecule has 2 heterocycles. The average molecular weight is 328 g/mol. The van der Waals surface area contributed by atoms with E-state index in [0.29, 0.717) is 6.54 Å². The van der Waals surface area contributed by atoms with Crippen LogP contribution in [0.15, 0.2) is 18.2 Å². The van der Waals surface area contributed by atoms with Crippen LogP contribution in [0.2, 0.25) is 0 Å². The molecule has 0 spiro atoms. The van der Waals surface area contributed by atoms with Crippen molar-refractivity contribution in [3.05, 3.63) is 29.6 Å². The predicted octanol–water partition coefficient (Wildman–Crippen LogP) is 3.18. The Morgan fingerprint density at radius 1 is 1.21 bits per heavy atom. The van der Waals surface area contributed by atoms with Gasteiger partial charge in [-0.25, -0.2) is 4.98 Å². The second kappa shape index (κ2) is 7.79. The molecule has 0 saturated carbocycles. The molecule has 2 aromatic rings. The van der Waals surface area contributed by atoms with Crippen LogP contribution in [0.3, 0.4) is 0 Å². The maximum Gasteiger partial charge on any atom is 0.253 e. The van der Waals surface area contributed by atoms with Gasteiger partial charge in [0, 0.05) is 13.1 Å². The monoisotopic (exact) mass is 328 g/mol. The van der Waals surface area contributed by atoms with Gasteiger partial charge in [0.2, 0.25) is 0 Å². The summed E-state index contributed by atoms with van der Waals surface area (Å²) in [6.45, 7) is 9.02. The van der Waals surface area contributed by atoms with Crippen LogP contribution in [0.1, 0.15) is 55.7 Å². The van der Waals surface area contributed by atoms with E-state index < -0.39 is 0 Å². The number of carbonyl (C=O) groups excluding carboxylic acids is 1. The van der Waals surface area contributed by atoms with Gasteiger partial charge in [-0.1, -0.05) is 32.8 Å². The quantitative estimate of drug-likeness (QED) is 0.810. The Kier molecular flexibility index (Phi) is 5.51. The van der Waals surface area contributed by atoms with Gasteiger partial charge in [0.1, 0.15) is 5.82 Å². The zero-order chi connectivity index (χ0) is 16.9. The fraction of sp³-hybridized carbons (Fsp3) is 0.579. The maximum absolute atomic E-state index is 12.2. The fourth-order valence-electron chi connectivity index (χ4n) is 3.39. The zero-order valence-corrected chi connectivity index (χ0v) is 14.8. The van der Waals surface area contributed by atoms with Crippen molar-refractivity contribution in [3.8, 4) is 0 Å². The lowest BCUT2D eigenvalue weighted by Crippen LogP contribution is -2.28. The Bertz CT molecular complexity index is 699. The third-order valence-corrected chi connectivity index (χ3v) is 4.73. The first-order valence-corrected chi connectivity index (χ1v) is 9.23. The molecule has 3 rings (SSSR count). The SMILES string of the molecule is CCCCN(CCCC)Cc1nc2cccc3c2n1CCNC3=O. The summed E-state index contributed by atoms with van der Waals surface area (Å²) in [5.74, 6) is 1.10. The van der Waals surface area contributed by atoms with Crippen molar-refractivity contribution < 1.29 is 4.79 Å². The normalized spacial score (nSPS) is 14.2.